The molecule has 0 unspecified atom stereocenters. The van der Waals surface area contributed by atoms with Crippen LogP contribution in [-0.2, 0) is 36.9 Å². The number of aliphatic hydroxyl groups excluding tert-OH is 1. The summed E-state index contributed by atoms with van der Waals surface area (Å²) in [5.41, 5.74) is 1.46. The maximum Gasteiger partial charge on any atom is 0.0718 e. The Balaban J connectivity index is 1.53. The van der Waals surface area contributed by atoms with E-state index in [0.717, 1.165) is 24.0 Å². The zero-order valence-electron chi connectivity index (χ0n) is 21.5. The molecule has 0 saturated carbocycles. The van der Waals surface area contributed by atoms with Crippen LogP contribution in [0.5, 0.6) is 0 Å². The maximum absolute atomic E-state index is 11.1. The van der Waals surface area contributed by atoms with Crippen molar-refractivity contribution >= 4 is 0 Å². The second kappa shape index (κ2) is 20.2. The zero-order valence-corrected chi connectivity index (χ0v) is 21.5. The standard InChI is InChI=1S/C29H44O7/c30-16-20-34-19-15-29(31,13-7-17-32-21-23-35-25-27-9-3-1-4-10-27)14-8-18-33-22-24-36-26-28-11-5-2-6-12-28/h1-6,9-12,30-31H,7-8,13-26H2. The predicted molar refractivity (Wildman–Crippen MR) is 140 cm³/mol. The highest BCUT2D eigenvalue weighted by atomic mass is 16.5. The van der Waals surface area contributed by atoms with Crippen molar-refractivity contribution in [3.8, 4) is 0 Å². The molecule has 2 rings (SSSR count). The minimum absolute atomic E-state index is 0.0151. The van der Waals surface area contributed by atoms with Gasteiger partial charge in [-0.1, -0.05) is 60.7 Å². The van der Waals surface area contributed by atoms with Crippen molar-refractivity contribution in [2.75, 3.05) is 59.5 Å². The van der Waals surface area contributed by atoms with Crippen molar-refractivity contribution in [1.82, 2.24) is 0 Å². The molecule has 0 amide bonds. The summed E-state index contributed by atoms with van der Waals surface area (Å²) >= 11 is 0. The minimum atomic E-state index is -0.838. The van der Waals surface area contributed by atoms with Gasteiger partial charge in [-0.3, -0.25) is 0 Å². The lowest BCUT2D eigenvalue weighted by molar-refractivity contribution is -0.0332. The van der Waals surface area contributed by atoms with Crippen LogP contribution in [0.15, 0.2) is 60.7 Å². The first-order valence-corrected chi connectivity index (χ1v) is 13.0. The highest BCUT2D eigenvalue weighted by Gasteiger charge is 2.25. The lowest BCUT2D eigenvalue weighted by atomic mass is 9.89. The third-order valence-corrected chi connectivity index (χ3v) is 5.78. The fourth-order valence-corrected chi connectivity index (χ4v) is 3.78. The van der Waals surface area contributed by atoms with Crippen LogP contribution in [0.1, 0.15) is 43.2 Å². The molecule has 2 aromatic rings. The van der Waals surface area contributed by atoms with Gasteiger partial charge in [-0.15, -0.1) is 0 Å². The Morgan fingerprint density at radius 2 is 0.944 bits per heavy atom. The molecule has 0 aliphatic heterocycles. The molecule has 0 heterocycles. The molecular formula is C29H44O7. The Morgan fingerprint density at radius 1 is 0.500 bits per heavy atom. The van der Waals surface area contributed by atoms with Gasteiger partial charge in [-0.2, -0.15) is 0 Å². The monoisotopic (exact) mass is 504 g/mol. The van der Waals surface area contributed by atoms with Gasteiger partial charge in [0, 0.05) is 19.8 Å². The van der Waals surface area contributed by atoms with Gasteiger partial charge in [-0.05, 0) is 43.2 Å². The molecule has 0 saturated heterocycles. The fourth-order valence-electron chi connectivity index (χ4n) is 3.78. The summed E-state index contributed by atoms with van der Waals surface area (Å²) in [5, 5.41) is 20.0. The smallest absolute Gasteiger partial charge is 0.0718 e. The van der Waals surface area contributed by atoms with E-state index in [1.165, 1.54) is 0 Å². The average Bonchev–Trinajstić information content (AvgIpc) is 2.91. The Kier molecular flexibility index (Phi) is 17.1. The molecule has 0 aromatic heterocycles. The van der Waals surface area contributed by atoms with E-state index in [1.54, 1.807) is 0 Å². The van der Waals surface area contributed by atoms with Gasteiger partial charge in [-0.25, -0.2) is 0 Å². The van der Waals surface area contributed by atoms with Gasteiger partial charge in [0.15, 0.2) is 0 Å². The summed E-state index contributed by atoms with van der Waals surface area (Å²) in [6.07, 6.45) is 3.28. The summed E-state index contributed by atoms with van der Waals surface area (Å²) in [6.45, 7) is 5.15. The van der Waals surface area contributed by atoms with E-state index in [-0.39, 0.29) is 13.2 Å². The summed E-state index contributed by atoms with van der Waals surface area (Å²) in [6, 6.07) is 20.1. The predicted octanol–water partition coefficient (Wildman–Crippen LogP) is 4.14. The Hall–Kier alpha value is -1.84. The first-order chi connectivity index (χ1) is 17.7. The van der Waals surface area contributed by atoms with Crippen molar-refractivity contribution < 1.29 is 33.9 Å². The van der Waals surface area contributed by atoms with Crippen LogP contribution in [0.25, 0.3) is 0 Å². The molecule has 0 atom stereocenters. The lowest BCUT2D eigenvalue weighted by Crippen LogP contribution is -2.31. The van der Waals surface area contributed by atoms with Crippen LogP contribution in [-0.4, -0.2) is 75.3 Å². The Labute approximate surface area is 216 Å². The lowest BCUT2D eigenvalue weighted by Gasteiger charge is -2.28. The largest absolute Gasteiger partial charge is 0.394 e. The SMILES string of the molecule is OCCOCCC(O)(CCCOCCOCc1ccccc1)CCCOCCOCc1ccccc1. The van der Waals surface area contributed by atoms with Gasteiger partial charge >= 0.3 is 0 Å². The first-order valence-electron chi connectivity index (χ1n) is 13.0. The average molecular weight is 505 g/mol. The molecule has 2 N–H and O–H groups in total. The summed E-state index contributed by atoms with van der Waals surface area (Å²) in [7, 11) is 0. The number of benzene rings is 2. The second-order valence-corrected chi connectivity index (χ2v) is 8.82. The number of hydrogen-bond donors (Lipinski definition) is 2. The van der Waals surface area contributed by atoms with Gasteiger partial charge < -0.3 is 33.9 Å². The Bertz CT molecular complexity index is 686. The topological polar surface area (TPSA) is 86.6 Å². The molecule has 2 aromatic carbocycles. The van der Waals surface area contributed by atoms with E-state index in [0.29, 0.717) is 78.7 Å². The summed E-state index contributed by atoms with van der Waals surface area (Å²) in [4.78, 5) is 0. The van der Waals surface area contributed by atoms with Gasteiger partial charge in [0.05, 0.1) is 58.5 Å². The second-order valence-electron chi connectivity index (χ2n) is 8.82. The third-order valence-electron chi connectivity index (χ3n) is 5.78. The van der Waals surface area contributed by atoms with Crippen molar-refractivity contribution in [1.29, 1.82) is 0 Å². The first kappa shape index (κ1) is 30.4. The van der Waals surface area contributed by atoms with Crippen molar-refractivity contribution in [3.05, 3.63) is 71.8 Å². The van der Waals surface area contributed by atoms with E-state index >= 15 is 0 Å². The molecule has 202 valence electrons. The molecule has 7 heteroatoms. The molecule has 0 aliphatic rings. The van der Waals surface area contributed by atoms with Crippen LogP contribution in [0, 0.1) is 0 Å². The molecular weight excluding hydrogens is 460 g/mol. The van der Waals surface area contributed by atoms with E-state index in [2.05, 4.69) is 0 Å². The number of hydrogen-bond acceptors (Lipinski definition) is 7. The number of ether oxygens (including phenoxy) is 5. The van der Waals surface area contributed by atoms with Crippen molar-refractivity contribution in [3.63, 3.8) is 0 Å². The highest BCUT2D eigenvalue weighted by Crippen LogP contribution is 2.24. The van der Waals surface area contributed by atoms with Gasteiger partial charge in [0.2, 0.25) is 0 Å². The quantitative estimate of drug-likeness (QED) is 0.220. The van der Waals surface area contributed by atoms with Crippen LogP contribution < -0.4 is 0 Å². The van der Waals surface area contributed by atoms with E-state index in [4.69, 9.17) is 28.8 Å². The molecule has 0 bridgehead atoms. The maximum atomic E-state index is 11.1. The van der Waals surface area contributed by atoms with E-state index in [1.807, 2.05) is 60.7 Å². The van der Waals surface area contributed by atoms with Crippen molar-refractivity contribution in [2.45, 2.75) is 50.9 Å². The third kappa shape index (κ3) is 15.3. The molecule has 0 spiro atoms. The van der Waals surface area contributed by atoms with Crippen LogP contribution in [0.2, 0.25) is 0 Å². The minimum Gasteiger partial charge on any atom is -0.394 e. The normalized spacial score (nSPS) is 11.7. The molecule has 0 aliphatic carbocycles. The number of rotatable bonds is 23. The van der Waals surface area contributed by atoms with E-state index < -0.39 is 5.60 Å². The van der Waals surface area contributed by atoms with Crippen LogP contribution in [0.4, 0.5) is 0 Å². The summed E-state index contributed by atoms with van der Waals surface area (Å²) in [5.74, 6) is 0. The van der Waals surface area contributed by atoms with Crippen LogP contribution >= 0.6 is 0 Å². The summed E-state index contributed by atoms with van der Waals surface area (Å²) < 4.78 is 28.0. The van der Waals surface area contributed by atoms with Crippen molar-refractivity contribution in [2.24, 2.45) is 0 Å². The van der Waals surface area contributed by atoms with Gasteiger partial charge in [0.25, 0.3) is 0 Å². The Morgan fingerprint density at radius 3 is 1.42 bits per heavy atom. The molecule has 36 heavy (non-hydrogen) atoms. The van der Waals surface area contributed by atoms with Crippen LogP contribution in [0.3, 0.4) is 0 Å². The molecule has 0 fully saturated rings. The molecule has 0 radical (unpaired) electrons. The van der Waals surface area contributed by atoms with Gasteiger partial charge in [0.1, 0.15) is 0 Å². The number of aliphatic hydroxyl groups is 2. The zero-order chi connectivity index (χ0) is 25.6. The highest BCUT2D eigenvalue weighted by molar-refractivity contribution is 5.14. The fraction of sp³-hybridized carbons (Fsp3) is 0.586. The van der Waals surface area contributed by atoms with E-state index in [9.17, 15) is 5.11 Å². The molecule has 7 nitrogen and oxygen atoms in total.